The minimum Gasteiger partial charge on any atom is -0.383 e. The number of ether oxygens (including phenoxy) is 1. The zero-order valence-electron chi connectivity index (χ0n) is 16.2. The summed E-state index contributed by atoms with van der Waals surface area (Å²) in [6.45, 7) is 3.28. The predicted octanol–water partition coefficient (Wildman–Crippen LogP) is 5.56. The molecular weight excluding hydrogens is 354 g/mol. The molecule has 1 saturated heterocycles. The van der Waals surface area contributed by atoms with Gasteiger partial charge in [-0.3, -0.25) is 4.90 Å². The number of rotatable bonds is 5. The summed E-state index contributed by atoms with van der Waals surface area (Å²) in [6, 6.07) is 16.5. The summed E-state index contributed by atoms with van der Waals surface area (Å²) in [7, 11) is 1.84. The lowest BCUT2D eigenvalue weighted by Crippen LogP contribution is -2.35. The highest BCUT2D eigenvalue weighted by atomic mass is 35.5. The van der Waals surface area contributed by atoms with Crippen molar-refractivity contribution in [1.29, 1.82) is 0 Å². The first kappa shape index (κ1) is 19.0. The Balaban J connectivity index is 0.00000180. The van der Waals surface area contributed by atoms with Gasteiger partial charge in [0.25, 0.3) is 0 Å². The fourth-order valence-corrected chi connectivity index (χ4v) is 5.74. The second kappa shape index (κ2) is 7.95. The number of likely N-dealkylation sites (tertiary alicyclic amines) is 1. The Morgan fingerprint density at radius 2 is 1.81 bits per heavy atom. The molecule has 1 heterocycles. The van der Waals surface area contributed by atoms with E-state index in [-0.39, 0.29) is 12.4 Å². The van der Waals surface area contributed by atoms with E-state index in [2.05, 4.69) is 47.4 Å². The van der Waals surface area contributed by atoms with Crippen LogP contribution in [0.5, 0.6) is 0 Å². The molecule has 2 aromatic carbocycles. The second-order valence-corrected chi connectivity index (χ2v) is 8.43. The molecule has 0 spiro atoms. The largest absolute Gasteiger partial charge is 0.383 e. The Morgan fingerprint density at radius 3 is 2.67 bits per heavy atom. The van der Waals surface area contributed by atoms with Gasteiger partial charge in [-0.25, -0.2) is 0 Å². The molecule has 3 aliphatic rings. The SMILES string of the molecule is COC[C@H]1CCCN1CC1=C(c2ccc3ccccc3c2)C2CCC1C2.Cl. The van der Waals surface area contributed by atoms with Gasteiger partial charge in [0.15, 0.2) is 0 Å². The van der Waals surface area contributed by atoms with Gasteiger partial charge in [0.2, 0.25) is 0 Å². The van der Waals surface area contributed by atoms with Gasteiger partial charge in [0, 0.05) is 19.7 Å². The third-order valence-electron chi connectivity index (χ3n) is 6.97. The van der Waals surface area contributed by atoms with Crippen molar-refractivity contribution in [3.05, 3.63) is 53.6 Å². The molecule has 5 rings (SSSR count). The summed E-state index contributed by atoms with van der Waals surface area (Å²) in [6.07, 6.45) is 6.79. The van der Waals surface area contributed by atoms with Crippen LogP contribution in [0.15, 0.2) is 48.0 Å². The van der Waals surface area contributed by atoms with Gasteiger partial charge in [-0.15, -0.1) is 12.4 Å². The van der Waals surface area contributed by atoms with Crippen molar-refractivity contribution < 1.29 is 4.74 Å². The van der Waals surface area contributed by atoms with E-state index in [0.717, 1.165) is 25.0 Å². The summed E-state index contributed by atoms with van der Waals surface area (Å²) in [5.74, 6) is 1.62. The molecule has 0 aromatic heterocycles. The van der Waals surface area contributed by atoms with Crippen LogP contribution in [0.4, 0.5) is 0 Å². The number of nitrogens with zero attached hydrogens (tertiary/aromatic N) is 1. The molecule has 3 heteroatoms. The second-order valence-electron chi connectivity index (χ2n) is 8.43. The van der Waals surface area contributed by atoms with E-state index < -0.39 is 0 Å². The highest BCUT2D eigenvalue weighted by molar-refractivity contribution is 5.87. The first-order valence-corrected chi connectivity index (χ1v) is 10.3. The molecule has 0 N–H and O–H groups in total. The lowest BCUT2D eigenvalue weighted by molar-refractivity contribution is 0.119. The molecule has 2 fully saturated rings. The van der Waals surface area contributed by atoms with Crippen molar-refractivity contribution in [2.24, 2.45) is 11.8 Å². The summed E-state index contributed by atoms with van der Waals surface area (Å²) >= 11 is 0. The Labute approximate surface area is 169 Å². The third-order valence-corrected chi connectivity index (χ3v) is 6.97. The van der Waals surface area contributed by atoms with E-state index in [4.69, 9.17) is 4.74 Å². The monoisotopic (exact) mass is 383 g/mol. The number of fused-ring (bicyclic) bond motifs is 3. The summed E-state index contributed by atoms with van der Waals surface area (Å²) in [5.41, 5.74) is 4.92. The molecule has 2 aliphatic carbocycles. The fraction of sp³-hybridized carbons (Fsp3) is 0.500. The van der Waals surface area contributed by atoms with Crippen LogP contribution in [0.3, 0.4) is 0 Å². The zero-order chi connectivity index (χ0) is 17.5. The van der Waals surface area contributed by atoms with Crippen LogP contribution >= 0.6 is 12.4 Å². The highest BCUT2D eigenvalue weighted by Gasteiger charge is 2.40. The molecular formula is C24H30ClNO. The van der Waals surface area contributed by atoms with Gasteiger partial charge in [0.1, 0.15) is 0 Å². The quantitative estimate of drug-likeness (QED) is 0.670. The van der Waals surface area contributed by atoms with Crippen LogP contribution in [0.25, 0.3) is 16.3 Å². The maximum Gasteiger partial charge on any atom is 0.0618 e. The van der Waals surface area contributed by atoms with Gasteiger partial charge in [-0.05, 0) is 84.0 Å². The van der Waals surface area contributed by atoms with E-state index in [1.807, 2.05) is 7.11 Å². The number of hydrogen-bond donors (Lipinski definition) is 0. The maximum atomic E-state index is 5.48. The number of methoxy groups -OCH3 is 1. The van der Waals surface area contributed by atoms with Crippen LogP contribution in [-0.2, 0) is 4.74 Å². The number of allylic oxidation sites excluding steroid dienone is 1. The van der Waals surface area contributed by atoms with E-state index >= 15 is 0 Å². The molecule has 2 nitrogen and oxygen atoms in total. The lowest BCUT2D eigenvalue weighted by atomic mass is 9.86. The van der Waals surface area contributed by atoms with Crippen molar-refractivity contribution in [3.8, 4) is 0 Å². The fourth-order valence-electron chi connectivity index (χ4n) is 5.74. The van der Waals surface area contributed by atoms with Crippen LogP contribution in [0.2, 0.25) is 0 Å². The minimum absolute atomic E-state index is 0. The molecule has 1 aliphatic heterocycles. The number of halogens is 1. The van der Waals surface area contributed by atoms with Gasteiger partial charge in [0.05, 0.1) is 6.61 Å². The predicted molar refractivity (Wildman–Crippen MR) is 115 cm³/mol. The topological polar surface area (TPSA) is 12.5 Å². The molecule has 2 bridgehead atoms. The van der Waals surface area contributed by atoms with Gasteiger partial charge in [-0.1, -0.05) is 36.4 Å². The van der Waals surface area contributed by atoms with Gasteiger partial charge in [-0.2, -0.15) is 0 Å². The third kappa shape index (κ3) is 3.44. The Hall–Kier alpha value is -1.35. The van der Waals surface area contributed by atoms with Gasteiger partial charge < -0.3 is 4.74 Å². The van der Waals surface area contributed by atoms with Gasteiger partial charge >= 0.3 is 0 Å². The Bertz CT molecular complexity index is 845. The van der Waals surface area contributed by atoms with E-state index in [9.17, 15) is 0 Å². The lowest BCUT2D eigenvalue weighted by Gasteiger charge is -2.29. The first-order valence-electron chi connectivity index (χ1n) is 10.3. The molecule has 1 saturated carbocycles. The van der Waals surface area contributed by atoms with Crippen LogP contribution in [0.1, 0.15) is 37.7 Å². The first-order chi connectivity index (χ1) is 12.8. The molecule has 3 atom stereocenters. The van der Waals surface area contributed by atoms with Crippen molar-refractivity contribution in [2.45, 2.75) is 38.1 Å². The summed E-state index contributed by atoms with van der Waals surface area (Å²) in [4.78, 5) is 2.70. The van der Waals surface area contributed by atoms with E-state index in [1.54, 1.807) is 11.1 Å². The van der Waals surface area contributed by atoms with Crippen LogP contribution in [0, 0.1) is 11.8 Å². The zero-order valence-corrected chi connectivity index (χ0v) is 17.0. The standard InChI is InChI=1S/C24H29NO.ClH/c1-26-16-22-7-4-12-25(22)15-23-19-9-11-21(14-19)24(23)20-10-8-17-5-2-3-6-18(17)13-20;/h2-3,5-6,8,10,13,19,21-22H,4,7,9,11-12,14-16H2,1H3;1H/t19?,21?,22-;/m1./s1. The average Bonchev–Trinajstić information content (AvgIpc) is 3.39. The Morgan fingerprint density at radius 1 is 1.00 bits per heavy atom. The minimum atomic E-state index is 0. The van der Waals surface area contributed by atoms with Crippen molar-refractivity contribution in [3.63, 3.8) is 0 Å². The van der Waals surface area contributed by atoms with Crippen molar-refractivity contribution in [1.82, 2.24) is 4.90 Å². The smallest absolute Gasteiger partial charge is 0.0618 e. The summed E-state index contributed by atoms with van der Waals surface area (Å²) < 4.78 is 5.48. The highest BCUT2D eigenvalue weighted by Crippen LogP contribution is 2.53. The maximum absolute atomic E-state index is 5.48. The van der Waals surface area contributed by atoms with E-state index in [0.29, 0.717) is 6.04 Å². The van der Waals surface area contributed by atoms with Crippen molar-refractivity contribution >= 4 is 28.8 Å². The molecule has 2 unspecified atom stereocenters. The summed E-state index contributed by atoms with van der Waals surface area (Å²) in [5, 5.41) is 2.72. The normalized spacial score (nSPS) is 27.5. The van der Waals surface area contributed by atoms with E-state index in [1.165, 1.54) is 55.0 Å². The molecule has 2 aromatic rings. The molecule has 0 amide bonds. The number of hydrogen-bond acceptors (Lipinski definition) is 2. The Kier molecular flexibility index (Phi) is 5.59. The molecule has 144 valence electrons. The average molecular weight is 384 g/mol. The molecule has 27 heavy (non-hydrogen) atoms. The number of benzene rings is 2. The van der Waals surface area contributed by atoms with Crippen LogP contribution < -0.4 is 0 Å². The molecule has 0 radical (unpaired) electrons. The van der Waals surface area contributed by atoms with Crippen LogP contribution in [-0.4, -0.2) is 37.7 Å². The van der Waals surface area contributed by atoms with Crippen molar-refractivity contribution in [2.75, 3.05) is 26.8 Å².